The second-order valence-electron chi connectivity index (χ2n) is 7.21. The Morgan fingerprint density at radius 1 is 1.24 bits per heavy atom. The van der Waals surface area contributed by atoms with E-state index in [1.807, 2.05) is 0 Å². The first-order chi connectivity index (χ1) is 13.6. The SMILES string of the molecule is Cc1cc(=O)n2nc(COC(=O)c3cccc(NC(=O)OC(C)(C)C)c3)sc2n1. The predicted octanol–water partition coefficient (Wildman–Crippen LogP) is 3.16. The maximum atomic E-state index is 12.3. The molecule has 0 unspecified atom stereocenters. The van der Waals surface area contributed by atoms with Gasteiger partial charge in [0.05, 0.1) is 5.56 Å². The molecule has 9 nitrogen and oxygen atoms in total. The van der Waals surface area contributed by atoms with Gasteiger partial charge in [-0.25, -0.2) is 14.6 Å². The van der Waals surface area contributed by atoms with Crippen molar-refractivity contribution in [3.8, 4) is 0 Å². The third-order valence-corrected chi connectivity index (χ3v) is 4.37. The highest BCUT2D eigenvalue weighted by atomic mass is 32.1. The molecule has 1 N–H and O–H groups in total. The molecule has 0 aliphatic heterocycles. The number of hydrogen-bond donors (Lipinski definition) is 1. The Bertz CT molecular complexity index is 1130. The Morgan fingerprint density at radius 3 is 2.72 bits per heavy atom. The molecule has 29 heavy (non-hydrogen) atoms. The number of rotatable bonds is 4. The molecule has 1 aromatic carbocycles. The minimum atomic E-state index is -0.632. The maximum Gasteiger partial charge on any atom is 0.412 e. The van der Waals surface area contributed by atoms with Gasteiger partial charge in [0.25, 0.3) is 5.56 Å². The second-order valence-corrected chi connectivity index (χ2v) is 8.25. The van der Waals surface area contributed by atoms with Crippen molar-refractivity contribution in [1.29, 1.82) is 0 Å². The maximum absolute atomic E-state index is 12.3. The number of carbonyl (C=O) groups excluding carboxylic acids is 2. The Hall–Kier alpha value is -3.27. The smallest absolute Gasteiger partial charge is 0.412 e. The van der Waals surface area contributed by atoms with Crippen LogP contribution in [0.3, 0.4) is 0 Å². The summed E-state index contributed by atoms with van der Waals surface area (Å²) in [6, 6.07) is 7.68. The van der Waals surface area contributed by atoms with Crippen LogP contribution in [0.2, 0.25) is 0 Å². The highest BCUT2D eigenvalue weighted by molar-refractivity contribution is 7.16. The fourth-order valence-electron chi connectivity index (χ4n) is 2.37. The standard InChI is InChI=1S/C19H20N4O5S/c1-11-8-15(24)23-17(20-11)29-14(22-23)10-27-16(25)12-6-5-7-13(9-12)21-18(26)28-19(2,3)4/h5-9H,10H2,1-4H3,(H,21,26). The molecule has 3 aromatic rings. The number of hydrogen-bond acceptors (Lipinski definition) is 8. The van der Waals surface area contributed by atoms with E-state index >= 15 is 0 Å². The lowest BCUT2D eigenvalue weighted by molar-refractivity contribution is 0.0470. The van der Waals surface area contributed by atoms with Gasteiger partial charge < -0.3 is 9.47 Å². The van der Waals surface area contributed by atoms with E-state index in [1.165, 1.54) is 28.0 Å². The zero-order valence-corrected chi connectivity index (χ0v) is 17.2. The fraction of sp³-hybridized carbons (Fsp3) is 0.316. The molecule has 0 spiro atoms. The summed E-state index contributed by atoms with van der Waals surface area (Å²) in [4.78, 5) is 40.8. The van der Waals surface area contributed by atoms with Crippen LogP contribution < -0.4 is 10.9 Å². The van der Waals surface area contributed by atoms with Gasteiger partial charge in [0.1, 0.15) is 12.2 Å². The number of fused-ring (bicyclic) bond motifs is 1. The molecule has 0 aliphatic carbocycles. The Kier molecular flexibility index (Phi) is 5.64. The molecular weight excluding hydrogens is 396 g/mol. The van der Waals surface area contributed by atoms with Crippen molar-refractivity contribution in [2.75, 3.05) is 5.32 Å². The molecule has 0 saturated carbocycles. The van der Waals surface area contributed by atoms with Gasteiger partial charge in [0, 0.05) is 17.4 Å². The van der Waals surface area contributed by atoms with Crippen molar-refractivity contribution < 1.29 is 19.1 Å². The molecule has 2 heterocycles. The lowest BCUT2D eigenvalue weighted by Crippen LogP contribution is -2.27. The van der Waals surface area contributed by atoms with E-state index in [0.29, 0.717) is 21.3 Å². The van der Waals surface area contributed by atoms with E-state index in [1.54, 1.807) is 45.9 Å². The van der Waals surface area contributed by atoms with Crippen molar-refractivity contribution in [2.24, 2.45) is 0 Å². The number of amides is 1. The second kappa shape index (κ2) is 8.00. The number of ether oxygens (including phenoxy) is 2. The molecule has 1 amide bonds. The van der Waals surface area contributed by atoms with Crippen LogP contribution >= 0.6 is 11.3 Å². The van der Waals surface area contributed by atoms with Crippen LogP contribution in [0.1, 0.15) is 41.8 Å². The van der Waals surface area contributed by atoms with Gasteiger partial charge in [0.15, 0.2) is 5.01 Å². The minimum absolute atomic E-state index is 0.102. The van der Waals surface area contributed by atoms with Gasteiger partial charge in [0.2, 0.25) is 4.96 Å². The zero-order chi connectivity index (χ0) is 21.2. The summed E-state index contributed by atoms with van der Waals surface area (Å²) in [5.41, 5.74) is 0.331. The van der Waals surface area contributed by atoms with Gasteiger partial charge in [-0.3, -0.25) is 10.1 Å². The van der Waals surface area contributed by atoms with E-state index in [2.05, 4.69) is 15.4 Å². The zero-order valence-electron chi connectivity index (χ0n) is 16.4. The Balaban J connectivity index is 1.66. The molecule has 0 atom stereocenters. The van der Waals surface area contributed by atoms with Crippen LogP contribution in [0, 0.1) is 6.92 Å². The van der Waals surface area contributed by atoms with Gasteiger partial charge in [-0.15, -0.1) is 0 Å². The van der Waals surface area contributed by atoms with Crippen LogP contribution in [0.4, 0.5) is 10.5 Å². The van der Waals surface area contributed by atoms with Crippen LogP contribution in [0.25, 0.3) is 4.96 Å². The van der Waals surface area contributed by atoms with Crippen molar-refractivity contribution in [1.82, 2.24) is 14.6 Å². The van der Waals surface area contributed by atoms with Crippen molar-refractivity contribution in [3.05, 3.63) is 57.0 Å². The van der Waals surface area contributed by atoms with Gasteiger partial charge in [-0.05, 0) is 45.9 Å². The first kappa shape index (κ1) is 20.5. The number of aromatic nitrogens is 3. The average molecular weight is 416 g/mol. The van der Waals surface area contributed by atoms with Crippen molar-refractivity contribution in [3.63, 3.8) is 0 Å². The highest BCUT2D eigenvalue weighted by Crippen LogP contribution is 2.16. The quantitative estimate of drug-likeness (QED) is 0.650. The number of nitrogens with zero attached hydrogens (tertiary/aromatic N) is 3. The largest absolute Gasteiger partial charge is 0.455 e. The minimum Gasteiger partial charge on any atom is -0.455 e. The third-order valence-electron chi connectivity index (χ3n) is 3.49. The molecule has 0 fully saturated rings. The first-order valence-electron chi connectivity index (χ1n) is 8.74. The number of carbonyl (C=O) groups is 2. The summed E-state index contributed by atoms with van der Waals surface area (Å²) in [5, 5.41) is 7.13. The molecule has 3 rings (SSSR count). The fourth-order valence-corrected chi connectivity index (χ4v) is 3.23. The normalized spacial score (nSPS) is 11.3. The summed E-state index contributed by atoms with van der Waals surface area (Å²) in [5.74, 6) is -0.589. The van der Waals surface area contributed by atoms with Crippen LogP contribution in [-0.4, -0.2) is 32.3 Å². The average Bonchev–Trinajstić information content (AvgIpc) is 3.01. The lowest BCUT2D eigenvalue weighted by atomic mass is 10.2. The molecule has 152 valence electrons. The summed E-state index contributed by atoms with van der Waals surface area (Å²) in [7, 11) is 0. The lowest BCUT2D eigenvalue weighted by Gasteiger charge is -2.19. The van der Waals surface area contributed by atoms with Crippen LogP contribution in [-0.2, 0) is 16.1 Å². The molecule has 0 aliphatic rings. The Morgan fingerprint density at radius 2 is 2.00 bits per heavy atom. The number of nitrogens with one attached hydrogen (secondary N) is 1. The summed E-state index contributed by atoms with van der Waals surface area (Å²) in [6.07, 6.45) is -0.620. The van der Waals surface area contributed by atoms with Crippen LogP contribution in [0.15, 0.2) is 35.1 Å². The number of esters is 1. The summed E-state index contributed by atoms with van der Waals surface area (Å²) >= 11 is 1.17. The van der Waals surface area contributed by atoms with E-state index in [0.717, 1.165) is 0 Å². The molecular formula is C19H20N4O5S. The van der Waals surface area contributed by atoms with E-state index < -0.39 is 17.7 Å². The molecule has 2 aromatic heterocycles. The first-order valence-corrected chi connectivity index (χ1v) is 9.56. The van der Waals surface area contributed by atoms with E-state index in [4.69, 9.17) is 9.47 Å². The van der Waals surface area contributed by atoms with Crippen molar-refractivity contribution >= 4 is 34.0 Å². The van der Waals surface area contributed by atoms with E-state index in [-0.39, 0.29) is 17.7 Å². The molecule has 10 heteroatoms. The van der Waals surface area contributed by atoms with Gasteiger partial charge >= 0.3 is 12.1 Å². The predicted molar refractivity (Wildman–Crippen MR) is 107 cm³/mol. The molecule has 0 saturated heterocycles. The van der Waals surface area contributed by atoms with Gasteiger partial charge in [-0.2, -0.15) is 9.61 Å². The van der Waals surface area contributed by atoms with Crippen molar-refractivity contribution in [2.45, 2.75) is 39.9 Å². The third kappa shape index (κ3) is 5.38. The Labute approximate surface area is 170 Å². The topological polar surface area (TPSA) is 112 Å². The summed E-state index contributed by atoms with van der Waals surface area (Å²) in [6.45, 7) is 6.89. The monoisotopic (exact) mass is 416 g/mol. The molecule has 0 bridgehead atoms. The van der Waals surface area contributed by atoms with E-state index in [9.17, 15) is 14.4 Å². The summed E-state index contributed by atoms with van der Waals surface area (Å²) < 4.78 is 11.6. The highest BCUT2D eigenvalue weighted by Gasteiger charge is 2.17. The van der Waals surface area contributed by atoms with Gasteiger partial charge in [-0.1, -0.05) is 17.4 Å². The van der Waals surface area contributed by atoms with Crippen LogP contribution in [0.5, 0.6) is 0 Å². The number of benzene rings is 1. The molecule has 0 radical (unpaired) electrons. The number of aryl methyl sites for hydroxylation is 1. The number of anilines is 1.